The Kier molecular flexibility index (Phi) is 4.39. The van der Waals surface area contributed by atoms with Gasteiger partial charge in [-0.05, 0) is 37.7 Å². The SMILES string of the molecule is COC1CN(c2n[nH]c3cc(-c4[nH]ncc4NC(=O)N4CCC(C)CC45CC5)ncc23)C1. The maximum Gasteiger partial charge on any atom is 0.322 e. The lowest BCUT2D eigenvalue weighted by atomic mass is 9.91. The number of carbonyl (C=O) groups excluding carboxylic acids is 1. The quantitative estimate of drug-likeness (QED) is 0.579. The van der Waals surface area contributed by atoms with Crippen molar-refractivity contribution in [3.8, 4) is 11.4 Å². The molecule has 0 aromatic carbocycles. The van der Waals surface area contributed by atoms with Gasteiger partial charge in [0.2, 0.25) is 0 Å². The summed E-state index contributed by atoms with van der Waals surface area (Å²) in [5.74, 6) is 1.57. The number of methoxy groups -OCH3 is 1. The summed E-state index contributed by atoms with van der Waals surface area (Å²) in [7, 11) is 1.73. The lowest BCUT2D eigenvalue weighted by molar-refractivity contribution is 0.0784. The number of hydrogen-bond acceptors (Lipinski definition) is 6. The fourth-order valence-corrected chi connectivity index (χ4v) is 5.18. The molecule has 1 saturated carbocycles. The van der Waals surface area contributed by atoms with E-state index in [1.54, 1.807) is 13.3 Å². The van der Waals surface area contributed by atoms with Crippen LogP contribution in [0.1, 0.15) is 32.6 Å². The van der Waals surface area contributed by atoms with Crippen molar-refractivity contribution in [1.29, 1.82) is 0 Å². The minimum atomic E-state index is -0.0487. The second kappa shape index (κ2) is 7.19. The zero-order valence-electron chi connectivity index (χ0n) is 18.4. The van der Waals surface area contributed by atoms with Crippen molar-refractivity contribution >= 4 is 28.4 Å². The first kappa shape index (κ1) is 19.5. The van der Waals surface area contributed by atoms with E-state index in [2.05, 4.69) is 42.5 Å². The first-order valence-corrected chi connectivity index (χ1v) is 11.3. The summed E-state index contributed by atoms with van der Waals surface area (Å²) < 4.78 is 5.36. The first-order chi connectivity index (χ1) is 15.6. The molecular formula is C22H28N8O2. The van der Waals surface area contributed by atoms with Crippen LogP contribution in [0.4, 0.5) is 16.3 Å². The fourth-order valence-electron chi connectivity index (χ4n) is 5.18. The van der Waals surface area contributed by atoms with Crippen molar-refractivity contribution in [3.63, 3.8) is 0 Å². The maximum atomic E-state index is 13.1. The zero-order chi connectivity index (χ0) is 21.9. The Labute approximate surface area is 185 Å². The smallest absolute Gasteiger partial charge is 0.322 e. The summed E-state index contributed by atoms with van der Waals surface area (Å²) in [5.41, 5.74) is 2.98. The zero-order valence-corrected chi connectivity index (χ0v) is 18.4. The van der Waals surface area contributed by atoms with Crippen molar-refractivity contribution in [2.45, 2.75) is 44.2 Å². The maximum absolute atomic E-state index is 13.1. The van der Waals surface area contributed by atoms with Gasteiger partial charge in [0, 0.05) is 38.5 Å². The Bertz CT molecular complexity index is 1160. The number of aromatic amines is 2. The Morgan fingerprint density at radius 1 is 1.28 bits per heavy atom. The highest BCUT2D eigenvalue weighted by Crippen LogP contribution is 2.50. The van der Waals surface area contributed by atoms with Crippen LogP contribution in [0, 0.1) is 5.92 Å². The third-order valence-electron chi connectivity index (χ3n) is 7.26. The number of pyridine rings is 1. The van der Waals surface area contributed by atoms with Gasteiger partial charge in [-0.1, -0.05) is 6.92 Å². The molecule has 10 nitrogen and oxygen atoms in total. The molecule has 0 bridgehead atoms. The minimum Gasteiger partial charge on any atom is -0.378 e. The molecule has 1 atom stereocenters. The number of ether oxygens (including phenoxy) is 1. The van der Waals surface area contributed by atoms with Crippen LogP contribution in [0.2, 0.25) is 0 Å². The van der Waals surface area contributed by atoms with E-state index >= 15 is 0 Å². The number of piperidine rings is 1. The largest absolute Gasteiger partial charge is 0.378 e. The van der Waals surface area contributed by atoms with Crippen LogP contribution in [0.3, 0.4) is 0 Å². The van der Waals surface area contributed by atoms with E-state index in [0.29, 0.717) is 23.0 Å². The molecule has 6 rings (SSSR count). The van der Waals surface area contributed by atoms with E-state index < -0.39 is 0 Å². The summed E-state index contributed by atoms with van der Waals surface area (Å²) in [6.45, 7) is 4.74. The highest BCUT2D eigenvalue weighted by atomic mass is 16.5. The summed E-state index contributed by atoms with van der Waals surface area (Å²) in [6, 6.07) is 1.89. The number of hydrogen-bond donors (Lipinski definition) is 3. The van der Waals surface area contributed by atoms with Gasteiger partial charge < -0.3 is 19.9 Å². The van der Waals surface area contributed by atoms with Crippen molar-refractivity contribution < 1.29 is 9.53 Å². The van der Waals surface area contributed by atoms with Gasteiger partial charge in [0.25, 0.3) is 0 Å². The molecule has 10 heteroatoms. The second-order valence-corrected chi connectivity index (χ2v) is 9.49. The van der Waals surface area contributed by atoms with Crippen molar-refractivity contribution in [2.24, 2.45) is 5.92 Å². The highest BCUT2D eigenvalue weighted by Gasteiger charge is 2.52. The van der Waals surface area contributed by atoms with Gasteiger partial charge in [0.15, 0.2) is 5.82 Å². The molecule has 3 aliphatic rings. The Hall–Kier alpha value is -3.14. The van der Waals surface area contributed by atoms with Crippen molar-refractivity contribution in [1.82, 2.24) is 30.3 Å². The Morgan fingerprint density at radius 2 is 2.12 bits per heavy atom. The topological polar surface area (TPSA) is 115 Å². The van der Waals surface area contributed by atoms with E-state index in [1.807, 2.05) is 17.2 Å². The molecule has 3 aromatic heterocycles. The molecule has 2 saturated heterocycles. The molecule has 32 heavy (non-hydrogen) atoms. The van der Waals surface area contributed by atoms with E-state index in [9.17, 15) is 4.79 Å². The van der Waals surface area contributed by atoms with E-state index in [4.69, 9.17) is 4.74 Å². The van der Waals surface area contributed by atoms with Gasteiger partial charge in [-0.2, -0.15) is 10.2 Å². The standard InChI is InChI=1S/C22H28N8O2/c1-13-3-6-30(22(8-13)4-5-22)21(31)25-18-10-24-27-19(18)17-7-16-15(9-23-17)20(28-26-16)29-11-14(12-29)32-2/h7,9-10,13-14H,3-6,8,11-12H2,1-2H3,(H,24,27)(H,25,31)(H,26,28). The third kappa shape index (κ3) is 3.12. The normalized spacial score (nSPS) is 22.4. The number of amides is 2. The van der Waals surface area contributed by atoms with Crippen LogP contribution in [-0.4, -0.2) is 74.7 Å². The van der Waals surface area contributed by atoms with Crippen LogP contribution < -0.4 is 10.2 Å². The first-order valence-electron chi connectivity index (χ1n) is 11.3. The van der Waals surface area contributed by atoms with E-state index in [1.165, 1.54) is 0 Å². The van der Waals surface area contributed by atoms with Gasteiger partial charge in [0.05, 0.1) is 34.6 Å². The summed E-state index contributed by atoms with van der Waals surface area (Å²) in [5, 5.41) is 18.8. The lowest BCUT2D eigenvalue weighted by Crippen LogP contribution is -2.52. The van der Waals surface area contributed by atoms with Gasteiger partial charge in [-0.3, -0.25) is 15.2 Å². The number of rotatable bonds is 4. The number of urea groups is 1. The van der Waals surface area contributed by atoms with Crippen molar-refractivity contribution in [3.05, 3.63) is 18.5 Å². The summed E-state index contributed by atoms with van der Waals surface area (Å²) in [6.07, 6.45) is 8.08. The molecule has 5 heterocycles. The second-order valence-electron chi connectivity index (χ2n) is 9.49. The van der Waals surface area contributed by atoms with Gasteiger partial charge in [0.1, 0.15) is 5.69 Å². The highest BCUT2D eigenvalue weighted by molar-refractivity contribution is 5.96. The predicted molar refractivity (Wildman–Crippen MR) is 121 cm³/mol. The van der Waals surface area contributed by atoms with Crippen LogP contribution in [-0.2, 0) is 4.74 Å². The Balaban J connectivity index is 1.22. The third-order valence-corrected chi connectivity index (χ3v) is 7.26. The van der Waals surface area contributed by atoms with Crippen LogP contribution >= 0.6 is 0 Å². The number of likely N-dealkylation sites (tertiary alicyclic amines) is 1. The van der Waals surface area contributed by atoms with Crippen LogP contribution in [0.5, 0.6) is 0 Å². The molecule has 0 radical (unpaired) electrons. The van der Waals surface area contributed by atoms with Crippen LogP contribution in [0.15, 0.2) is 18.5 Å². The number of carbonyl (C=O) groups is 1. The number of H-pyrrole nitrogens is 2. The molecule has 3 fully saturated rings. The molecule has 2 amide bonds. The average molecular weight is 437 g/mol. The number of nitrogens with one attached hydrogen (secondary N) is 3. The number of fused-ring (bicyclic) bond motifs is 1. The van der Waals surface area contributed by atoms with E-state index in [-0.39, 0.29) is 17.7 Å². The average Bonchev–Trinajstić information content (AvgIpc) is 3.17. The van der Waals surface area contributed by atoms with Gasteiger partial charge >= 0.3 is 6.03 Å². The summed E-state index contributed by atoms with van der Waals surface area (Å²) >= 11 is 0. The molecule has 168 valence electrons. The molecule has 1 aliphatic carbocycles. The van der Waals surface area contributed by atoms with Crippen LogP contribution in [0.25, 0.3) is 22.3 Å². The van der Waals surface area contributed by atoms with Gasteiger partial charge in [-0.15, -0.1) is 0 Å². The Morgan fingerprint density at radius 3 is 2.91 bits per heavy atom. The minimum absolute atomic E-state index is 0.0487. The number of aromatic nitrogens is 5. The lowest BCUT2D eigenvalue weighted by Gasteiger charge is -2.39. The number of anilines is 2. The molecular weight excluding hydrogens is 408 g/mol. The molecule has 1 unspecified atom stereocenters. The van der Waals surface area contributed by atoms with E-state index in [0.717, 1.165) is 62.0 Å². The van der Waals surface area contributed by atoms with Crippen molar-refractivity contribution in [2.75, 3.05) is 37.0 Å². The molecule has 3 aromatic rings. The van der Waals surface area contributed by atoms with Gasteiger partial charge in [-0.25, -0.2) is 4.79 Å². The molecule has 2 aliphatic heterocycles. The summed E-state index contributed by atoms with van der Waals surface area (Å²) in [4.78, 5) is 22.0. The molecule has 1 spiro atoms. The fraction of sp³-hybridized carbons (Fsp3) is 0.545. The molecule has 3 N–H and O–H groups in total. The monoisotopic (exact) mass is 436 g/mol. The predicted octanol–water partition coefficient (Wildman–Crippen LogP) is 2.98. The number of nitrogens with zero attached hydrogens (tertiary/aromatic N) is 5.